The Bertz CT molecular complexity index is 263. The van der Waals surface area contributed by atoms with Crippen LogP contribution in [0.15, 0.2) is 0 Å². The second-order valence-electron chi connectivity index (χ2n) is 5.41. The molecule has 0 bridgehead atoms. The number of hydrogen-bond donors (Lipinski definition) is 2. The highest BCUT2D eigenvalue weighted by atomic mass is 16.2. The maximum Gasteiger partial charge on any atom is 0.237 e. The fourth-order valence-corrected chi connectivity index (χ4v) is 3.37. The smallest absolute Gasteiger partial charge is 0.237 e. The van der Waals surface area contributed by atoms with Crippen LogP contribution in [-0.2, 0) is 4.79 Å². The van der Waals surface area contributed by atoms with Gasteiger partial charge in [-0.2, -0.15) is 0 Å². The minimum atomic E-state index is 0.000556. The molecule has 1 heterocycles. The molecule has 17 heavy (non-hydrogen) atoms. The molecule has 1 aliphatic heterocycles. The van der Waals surface area contributed by atoms with Crippen LogP contribution in [0.3, 0.4) is 0 Å². The maximum absolute atomic E-state index is 12.1. The Kier molecular flexibility index (Phi) is 4.40. The number of carbonyl (C=O) groups is 1. The van der Waals surface area contributed by atoms with Crippen molar-refractivity contribution in [3.63, 3.8) is 0 Å². The zero-order valence-electron chi connectivity index (χ0n) is 10.8. The summed E-state index contributed by atoms with van der Waals surface area (Å²) in [6.07, 6.45) is 6.96. The lowest BCUT2D eigenvalue weighted by molar-refractivity contribution is -0.127. The molecule has 2 fully saturated rings. The van der Waals surface area contributed by atoms with E-state index in [0.29, 0.717) is 18.6 Å². The van der Waals surface area contributed by atoms with Crippen molar-refractivity contribution in [2.45, 2.75) is 63.6 Å². The molecule has 3 N–H and O–H groups in total. The topological polar surface area (TPSA) is 58.4 Å². The standard InChI is InChI=1S/C13H25N3O/c1-10-7-9-15-13(17)12(6-8-14)16(10)11-4-2-3-5-11/h10-12H,2-9,14H2,1H3,(H,15,17). The minimum Gasteiger partial charge on any atom is -0.355 e. The molecule has 98 valence electrons. The number of amides is 1. The Morgan fingerprint density at radius 1 is 1.35 bits per heavy atom. The lowest BCUT2D eigenvalue weighted by Crippen LogP contribution is -2.52. The molecule has 1 saturated heterocycles. The lowest BCUT2D eigenvalue weighted by Gasteiger charge is -2.38. The molecule has 0 aromatic heterocycles. The predicted molar refractivity (Wildman–Crippen MR) is 68.6 cm³/mol. The lowest BCUT2D eigenvalue weighted by atomic mass is 10.0. The van der Waals surface area contributed by atoms with Gasteiger partial charge in [0.25, 0.3) is 0 Å². The summed E-state index contributed by atoms with van der Waals surface area (Å²) < 4.78 is 0. The van der Waals surface area contributed by atoms with Crippen molar-refractivity contribution in [2.75, 3.05) is 13.1 Å². The normalized spacial score (nSPS) is 32.5. The first-order valence-corrected chi connectivity index (χ1v) is 6.99. The molecular formula is C13H25N3O. The SMILES string of the molecule is CC1CCNC(=O)C(CCN)N1C1CCCC1. The van der Waals surface area contributed by atoms with Gasteiger partial charge in [0.2, 0.25) is 5.91 Å². The average Bonchev–Trinajstić information content (AvgIpc) is 2.77. The van der Waals surface area contributed by atoms with Gasteiger partial charge in [-0.1, -0.05) is 12.8 Å². The van der Waals surface area contributed by atoms with Crippen LogP contribution in [-0.4, -0.2) is 42.0 Å². The number of hydrogen-bond acceptors (Lipinski definition) is 3. The fourth-order valence-electron chi connectivity index (χ4n) is 3.37. The molecule has 2 rings (SSSR count). The Morgan fingerprint density at radius 3 is 2.71 bits per heavy atom. The summed E-state index contributed by atoms with van der Waals surface area (Å²) in [4.78, 5) is 14.6. The largest absolute Gasteiger partial charge is 0.355 e. The van der Waals surface area contributed by atoms with E-state index in [4.69, 9.17) is 5.73 Å². The maximum atomic E-state index is 12.1. The third-order valence-corrected chi connectivity index (χ3v) is 4.22. The van der Waals surface area contributed by atoms with Crippen molar-refractivity contribution in [2.24, 2.45) is 5.73 Å². The first kappa shape index (κ1) is 12.8. The Labute approximate surface area is 104 Å². The first-order valence-electron chi connectivity index (χ1n) is 6.99. The second kappa shape index (κ2) is 5.83. The van der Waals surface area contributed by atoms with Gasteiger partial charge in [0, 0.05) is 18.6 Å². The molecule has 2 aliphatic rings. The van der Waals surface area contributed by atoms with Crippen LogP contribution < -0.4 is 11.1 Å². The van der Waals surface area contributed by atoms with E-state index in [9.17, 15) is 4.79 Å². The van der Waals surface area contributed by atoms with Crippen LogP contribution >= 0.6 is 0 Å². The van der Waals surface area contributed by atoms with Crippen LogP contribution in [0, 0.1) is 0 Å². The van der Waals surface area contributed by atoms with Crippen molar-refractivity contribution in [1.29, 1.82) is 0 Å². The van der Waals surface area contributed by atoms with E-state index >= 15 is 0 Å². The molecule has 1 saturated carbocycles. The van der Waals surface area contributed by atoms with E-state index in [0.717, 1.165) is 19.4 Å². The zero-order valence-corrected chi connectivity index (χ0v) is 10.8. The summed E-state index contributed by atoms with van der Waals surface area (Å²) >= 11 is 0. The van der Waals surface area contributed by atoms with Crippen molar-refractivity contribution >= 4 is 5.91 Å². The van der Waals surface area contributed by atoms with Crippen molar-refractivity contribution in [1.82, 2.24) is 10.2 Å². The minimum absolute atomic E-state index is 0.000556. The monoisotopic (exact) mass is 239 g/mol. The van der Waals surface area contributed by atoms with Gasteiger partial charge < -0.3 is 11.1 Å². The Hall–Kier alpha value is -0.610. The highest BCUT2D eigenvalue weighted by Gasteiger charge is 2.36. The first-order chi connectivity index (χ1) is 8.24. The highest BCUT2D eigenvalue weighted by Crippen LogP contribution is 2.29. The average molecular weight is 239 g/mol. The van der Waals surface area contributed by atoms with Gasteiger partial charge in [0.15, 0.2) is 0 Å². The van der Waals surface area contributed by atoms with Gasteiger partial charge in [0.05, 0.1) is 6.04 Å². The van der Waals surface area contributed by atoms with Crippen LogP contribution in [0.2, 0.25) is 0 Å². The molecule has 2 unspecified atom stereocenters. The van der Waals surface area contributed by atoms with Crippen molar-refractivity contribution in [3.05, 3.63) is 0 Å². The molecule has 0 aromatic carbocycles. The van der Waals surface area contributed by atoms with E-state index in [1.807, 2.05) is 0 Å². The number of carbonyl (C=O) groups excluding carboxylic acids is 1. The van der Waals surface area contributed by atoms with E-state index in [1.54, 1.807) is 0 Å². The summed E-state index contributed by atoms with van der Waals surface area (Å²) in [5.74, 6) is 0.187. The molecular weight excluding hydrogens is 214 g/mol. The fraction of sp³-hybridized carbons (Fsp3) is 0.923. The predicted octanol–water partition coefficient (Wildman–Crippen LogP) is 0.857. The molecule has 1 aliphatic carbocycles. The third-order valence-electron chi connectivity index (χ3n) is 4.22. The molecule has 0 aromatic rings. The van der Waals surface area contributed by atoms with Crippen LogP contribution in [0.25, 0.3) is 0 Å². The summed E-state index contributed by atoms with van der Waals surface area (Å²) in [7, 11) is 0. The summed E-state index contributed by atoms with van der Waals surface area (Å²) in [6, 6.07) is 1.10. The van der Waals surface area contributed by atoms with Crippen LogP contribution in [0.1, 0.15) is 45.4 Å². The van der Waals surface area contributed by atoms with Crippen molar-refractivity contribution < 1.29 is 4.79 Å². The van der Waals surface area contributed by atoms with Gasteiger partial charge in [-0.3, -0.25) is 9.69 Å². The highest BCUT2D eigenvalue weighted by molar-refractivity contribution is 5.82. The summed E-state index contributed by atoms with van der Waals surface area (Å²) in [6.45, 7) is 3.65. The third kappa shape index (κ3) is 2.80. The van der Waals surface area contributed by atoms with Gasteiger partial charge in [-0.15, -0.1) is 0 Å². The van der Waals surface area contributed by atoms with Gasteiger partial charge in [0.1, 0.15) is 0 Å². The number of nitrogens with zero attached hydrogens (tertiary/aromatic N) is 1. The number of nitrogens with two attached hydrogens (primary N) is 1. The van der Waals surface area contributed by atoms with E-state index < -0.39 is 0 Å². The summed E-state index contributed by atoms with van der Waals surface area (Å²) in [5.41, 5.74) is 5.67. The summed E-state index contributed by atoms with van der Waals surface area (Å²) in [5, 5.41) is 3.03. The van der Waals surface area contributed by atoms with Crippen molar-refractivity contribution in [3.8, 4) is 0 Å². The van der Waals surface area contributed by atoms with E-state index in [2.05, 4.69) is 17.1 Å². The zero-order chi connectivity index (χ0) is 12.3. The molecule has 1 amide bonds. The number of rotatable bonds is 3. The van der Waals surface area contributed by atoms with E-state index in [-0.39, 0.29) is 11.9 Å². The molecule has 2 atom stereocenters. The Morgan fingerprint density at radius 2 is 2.06 bits per heavy atom. The molecule has 4 heteroatoms. The second-order valence-corrected chi connectivity index (χ2v) is 5.41. The van der Waals surface area contributed by atoms with Crippen LogP contribution in [0.5, 0.6) is 0 Å². The molecule has 4 nitrogen and oxygen atoms in total. The number of nitrogens with one attached hydrogen (secondary N) is 1. The molecule has 0 radical (unpaired) electrons. The van der Waals surface area contributed by atoms with Crippen LogP contribution in [0.4, 0.5) is 0 Å². The van der Waals surface area contributed by atoms with Gasteiger partial charge in [-0.05, 0) is 39.2 Å². The van der Waals surface area contributed by atoms with Gasteiger partial charge in [-0.25, -0.2) is 0 Å². The quantitative estimate of drug-likeness (QED) is 0.768. The van der Waals surface area contributed by atoms with E-state index in [1.165, 1.54) is 25.7 Å². The van der Waals surface area contributed by atoms with Gasteiger partial charge >= 0.3 is 0 Å². The Balaban J connectivity index is 2.15. The molecule has 0 spiro atoms.